The Hall–Kier alpha value is -3.60. The lowest BCUT2D eigenvalue weighted by Gasteiger charge is -2.27. The monoisotopic (exact) mass is 495 g/mol. The van der Waals surface area contributed by atoms with Crippen molar-refractivity contribution in [3.05, 3.63) is 64.7 Å². The predicted molar refractivity (Wildman–Crippen MR) is 123 cm³/mol. The van der Waals surface area contributed by atoms with E-state index in [1.54, 1.807) is 13.1 Å². The number of hydrogen-bond acceptors (Lipinski definition) is 5. The number of carbonyl (C=O) groups is 3. The van der Waals surface area contributed by atoms with Crippen molar-refractivity contribution in [2.75, 3.05) is 26.7 Å². The molecule has 1 heterocycles. The van der Waals surface area contributed by atoms with Crippen LogP contribution in [0.5, 0.6) is 5.75 Å². The summed E-state index contributed by atoms with van der Waals surface area (Å²) >= 11 is 0. The molecule has 0 fully saturated rings. The van der Waals surface area contributed by atoms with Crippen molar-refractivity contribution in [3.63, 3.8) is 0 Å². The van der Waals surface area contributed by atoms with Crippen LogP contribution in [-0.4, -0.2) is 55.8 Å². The minimum Gasteiger partial charge on any atom is -0.491 e. The van der Waals surface area contributed by atoms with Crippen molar-refractivity contribution in [1.82, 2.24) is 10.6 Å². The first-order chi connectivity index (χ1) is 16.5. The number of carboxylic acids is 1. The van der Waals surface area contributed by atoms with E-state index >= 15 is 0 Å². The standard InChI is InChI=1S/C22H27N3O3.C2HF3O2/c1-3-22(16-8-5-4-6-9-16)14-28-19-17(21(27)24-2)12-15(13-18(19)22)20(26)25-11-7-10-23;3-2(4,5)1(6)7/h4-6,8-9,12-13H,3,7,10-11,14,23H2,1-2H3,(H,24,27)(H,25,26);(H,6,7). The average molecular weight is 495 g/mol. The van der Waals surface area contributed by atoms with E-state index in [-0.39, 0.29) is 11.8 Å². The fraction of sp³-hybridized carbons (Fsp3) is 0.375. The van der Waals surface area contributed by atoms with E-state index in [9.17, 15) is 22.8 Å². The topological polar surface area (TPSA) is 131 Å². The summed E-state index contributed by atoms with van der Waals surface area (Å²) in [6.45, 7) is 3.54. The fourth-order valence-corrected chi connectivity index (χ4v) is 3.75. The summed E-state index contributed by atoms with van der Waals surface area (Å²) in [7, 11) is 1.57. The van der Waals surface area contributed by atoms with Gasteiger partial charge in [0.15, 0.2) is 0 Å². The van der Waals surface area contributed by atoms with Gasteiger partial charge in [0.25, 0.3) is 11.8 Å². The highest BCUT2D eigenvalue weighted by molar-refractivity contribution is 6.02. The van der Waals surface area contributed by atoms with Gasteiger partial charge < -0.3 is 26.2 Å². The number of ether oxygens (including phenoxy) is 1. The van der Waals surface area contributed by atoms with Gasteiger partial charge >= 0.3 is 12.1 Å². The third-order valence-corrected chi connectivity index (χ3v) is 5.64. The number of aliphatic carboxylic acids is 1. The molecule has 0 aliphatic carbocycles. The Labute approximate surface area is 200 Å². The van der Waals surface area contributed by atoms with Crippen LogP contribution in [-0.2, 0) is 10.2 Å². The molecule has 3 rings (SSSR count). The number of alkyl halides is 3. The second-order valence-corrected chi connectivity index (χ2v) is 7.77. The zero-order valence-electron chi connectivity index (χ0n) is 19.4. The third kappa shape index (κ3) is 6.30. The molecule has 35 heavy (non-hydrogen) atoms. The van der Waals surface area contributed by atoms with Crippen LogP contribution in [0, 0.1) is 0 Å². The molecule has 0 bridgehead atoms. The summed E-state index contributed by atoms with van der Waals surface area (Å²) < 4.78 is 37.8. The first-order valence-electron chi connectivity index (χ1n) is 10.9. The van der Waals surface area contributed by atoms with Crippen molar-refractivity contribution in [2.45, 2.75) is 31.4 Å². The lowest BCUT2D eigenvalue weighted by molar-refractivity contribution is -0.192. The second kappa shape index (κ2) is 11.7. The van der Waals surface area contributed by atoms with Gasteiger partial charge in [0.05, 0.1) is 11.0 Å². The Kier molecular flexibility index (Phi) is 9.24. The Morgan fingerprint density at radius 2 is 1.77 bits per heavy atom. The number of nitrogens with two attached hydrogens (primary N) is 1. The molecule has 0 saturated heterocycles. The van der Waals surface area contributed by atoms with Gasteiger partial charge in [0.1, 0.15) is 12.4 Å². The molecule has 2 aromatic carbocycles. The Morgan fingerprint density at radius 1 is 1.14 bits per heavy atom. The largest absolute Gasteiger partial charge is 0.491 e. The zero-order chi connectivity index (χ0) is 26.2. The molecule has 1 aliphatic heterocycles. The van der Waals surface area contributed by atoms with E-state index in [0.717, 1.165) is 17.5 Å². The van der Waals surface area contributed by atoms with Crippen LogP contribution in [0.15, 0.2) is 42.5 Å². The van der Waals surface area contributed by atoms with E-state index in [4.69, 9.17) is 20.4 Å². The molecule has 1 atom stereocenters. The van der Waals surface area contributed by atoms with E-state index in [2.05, 4.69) is 29.7 Å². The SMILES string of the molecule is CCC1(c2ccccc2)COc2c(C(=O)NC)cc(C(=O)NCCCN)cc21.O=C(O)C(F)(F)F. The highest BCUT2D eigenvalue weighted by Gasteiger charge is 2.43. The molecular formula is C24H28F3N3O5. The van der Waals surface area contributed by atoms with Crippen LogP contribution in [0.2, 0.25) is 0 Å². The predicted octanol–water partition coefficient (Wildman–Crippen LogP) is 2.85. The summed E-state index contributed by atoms with van der Waals surface area (Å²) in [6.07, 6.45) is -3.60. The number of fused-ring (bicyclic) bond motifs is 1. The van der Waals surface area contributed by atoms with Gasteiger partial charge in [-0.05, 0) is 37.1 Å². The first-order valence-corrected chi connectivity index (χ1v) is 10.9. The highest BCUT2D eigenvalue weighted by atomic mass is 19.4. The lowest BCUT2D eigenvalue weighted by Crippen LogP contribution is -2.30. The number of carboxylic acid groups (broad SMARTS) is 1. The van der Waals surface area contributed by atoms with E-state index in [1.165, 1.54) is 0 Å². The van der Waals surface area contributed by atoms with Gasteiger partial charge in [-0.3, -0.25) is 9.59 Å². The van der Waals surface area contributed by atoms with E-state index in [1.807, 2.05) is 24.3 Å². The molecule has 8 nitrogen and oxygen atoms in total. The van der Waals surface area contributed by atoms with Crippen LogP contribution in [0.25, 0.3) is 0 Å². The van der Waals surface area contributed by atoms with Gasteiger partial charge in [0.2, 0.25) is 0 Å². The van der Waals surface area contributed by atoms with Crippen molar-refractivity contribution < 1.29 is 37.4 Å². The molecule has 0 aromatic heterocycles. The quantitative estimate of drug-likeness (QED) is 0.437. The van der Waals surface area contributed by atoms with Crippen LogP contribution in [0.4, 0.5) is 13.2 Å². The maximum Gasteiger partial charge on any atom is 0.490 e. The molecule has 2 amide bonds. The Balaban J connectivity index is 0.000000540. The van der Waals surface area contributed by atoms with Crippen LogP contribution < -0.4 is 21.1 Å². The molecule has 0 spiro atoms. The molecule has 2 aromatic rings. The summed E-state index contributed by atoms with van der Waals surface area (Å²) in [5.74, 6) is -2.68. The number of halogens is 3. The van der Waals surface area contributed by atoms with Gasteiger partial charge in [-0.2, -0.15) is 13.2 Å². The smallest absolute Gasteiger partial charge is 0.490 e. The fourth-order valence-electron chi connectivity index (χ4n) is 3.75. The molecule has 5 N–H and O–H groups in total. The first kappa shape index (κ1) is 27.6. The molecular weight excluding hydrogens is 467 g/mol. The zero-order valence-corrected chi connectivity index (χ0v) is 19.4. The number of nitrogens with one attached hydrogen (secondary N) is 2. The molecule has 1 unspecified atom stereocenters. The summed E-state index contributed by atoms with van der Waals surface area (Å²) in [4.78, 5) is 34.1. The maximum absolute atomic E-state index is 12.7. The molecule has 1 aliphatic rings. The number of benzene rings is 2. The average Bonchev–Trinajstić information content (AvgIpc) is 3.23. The van der Waals surface area contributed by atoms with Crippen molar-refractivity contribution in [1.29, 1.82) is 0 Å². The molecule has 0 saturated carbocycles. The van der Waals surface area contributed by atoms with Crippen LogP contribution in [0.1, 0.15) is 51.6 Å². The molecule has 11 heteroatoms. The summed E-state index contributed by atoms with van der Waals surface area (Å²) in [6, 6.07) is 13.6. The van der Waals surface area contributed by atoms with Crippen molar-refractivity contribution in [2.24, 2.45) is 5.73 Å². The highest BCUT2D eigenvalue weighted by Crippen LogP contribution is 2.47. The van der Waals surface area contributed by atoms with E-state index < -0.39 is 17.6 Å². The van der Waals surface area contributed by atoms with Crippen LogP contribution in [0.3, 0.4) is 0 Å². The maximum atomic E-state index is 12.7. The van der Waals surface area contributed by atoms with Gasteiger partial charge in [0, 0.05) is 24.7 Å². The van der Waals surface area contributed by atoms with Gasteiger partial charge in [-0.1, -0.05) is 37.3 Å². The van der Waals surface area contributed by atoms with Crippen molar-refractivity contribution >= 4 is 17.8 Å². The number of carbonyl (C=O) groups excluding carboxylic acids is 2. The normalized spacial score (nSPS) is 16.3. The Morgan fingerprint density at radius 3 is 2.29 bits per heavy atom. The lowest BCUT2D eigenvalue weighted by atomic mass is 9.73. The third-order valence-electron chi connectivity index (χ3n) is 5.64. The van der Waals surface area contributed by atoms with Gasteiger partial charge in [-0.25, -0.2) is 4.79 Å². The van der Waals surface area contributed by atoms with E-state index in [0.29, 0.717) is 43.0 Å². The number of hydrogen-bond donors (Lipinski definition) is 4. The number of amides is 2. The Bertz CT molecular complexity index is 1060. The second-order valence-electron chi connectivity index (χ2n) is 7.77. The minimum atomic E-state index is -5.08. The van der Waals surface area contributed by atoms with Crippen LogP contribution >= 0.6 is 0 Å². The molecule has 190 valence electrons. The van der Waals surface area contributed by atoms with Crippen molar-refractivity contribution in [3.8, 4) is 5.75 Å². The summed E-state index contributed by atoms with van der Waals surface area (Å²) in [5.41, 5.74) is 7.94. The summed E-state index contributed by atoms with van der Waals surface area (Å²) in [5, 5.41) is 12.6. The minimum absolute atomic E-state index is 0.216. The number of rotatable bonds is 7. The molecule has 0 radical (unpaired) electrons. The van der Waals surface area contributed by atoms with Gasteiger partial charge in [-0.15, -0.1) is 0 Å².